The number of amides is 1. The molecule has 0 aliphatic heterocycles. The number of aliphatic carboxylic acids is 1. The molecule has 0 spiro atoms. The van der Waals surface area contributed by atoms with Crippen LogP contribution in [-0.4, -0.2) is 30.1 Å². The number of carboxylic acids is 1. The zero-order chi connectivity index (χ0) is 15.1. The van der Waals surface area contributed by atoms with Crippen molar-refractivity contribution < 1.29 is 19.4 Å². The van der Waals surface area contributed by atoms with E-state index < -0.39 is 5.97 Å². The molecule has 1 aromatic rings. The Labute approximate surface area is 130 Å². The number of nitrogens with one attached hydrogen (secondary N) is 1. The maximum Gasteiger partial charge on any atom is 0.303 e. The van der Waals surface area contributed by atoms with Crippen LogP contribution >= 0.6 is 27.5 Å². The Morgan fingerprint density at radius 3 is 2.80 bits per heavy atom. The van der Waals surface area contributed by atoms with Gasteiger partial charge in [0.05, 0.1) is 4.47 Å². The van der Waals surface area contributed by atoms with E-state index in [9.17, 15) is 9.59 Å². The molecule has 1 atom stereocenters. The van der Waals surface area contributed by atoms with Gasteiger partial charge in [0.25, 0.3) is 5.91 Å². The lowest BCUT2D eigenvalue weighted by molar-refractivity contribution is -0.138. The lowest BCUT2D eigenvalue weighted by Crippen LogP contribution is -2.33. The maximum absolute atomic E-state index is 11.6. The van der Waals surface area contributed by atoms with E-state index >= 15 is 0 Å². The fourth-order valence-electron chi connectivity index (χ4n) is 1.44. The van der Waals surface area contributed by atoms with Crippen LogP contribution in [0, 0.1) is 5.92 Å². The lowest BCUT2D eigenvalue weighted by Gasteiger charge is -2.11. The highest BCUT2D eigenvalue weighted by Gasteiger charge is 2.10. The number of carboxylic acid groups (broad SMARTS) is 1. The number of carbonyl (C=O) groups excluding carboxylic acids is 1. The largest absolute Gasteiger partial charge is 0.483 e. The minimum Gasteiger partial charge on any atom is -0.483 e. The highest BCUT2D eigenvalue weighted by Crippen LogP contribution is 2.27. The molecule has 20 heavy (non-hydrogen) atoms. The number of hydrogen-bond donors (Lipinski definition) is 2. The van der Waals surface area contributed by atoms with E-state index in [0.717, 1.165) is 0 Å². The van der Waals surface area contributed by atoms with Crippen molar-refractivity contribution in [2.75, 3.05) is 13.2 Å². The average molecular weight is 365 g/mol. The van der Waals surface area contributed by atoms with Crippen LogP contribution < -0.4 is 10.1 Å². The molecule has 0 heterocycles. The van der Waals surface area contributed by atoms with Gasteiger partial charge in [-0.05, 0) is 40.0 Å². The smallest absolute Gasteiger partial charge is 0.303 e. The lowest BCUT2D eigenvalue weighted by atomic mass is 10.1. The highest BCUT2D eigenvalue weighted by atomic mass is 79.9. The summed E-state index contributed by atoms with van der Waals surface area (Å²) in [5.41, 5.74) is 0. The summed E-state index contributed by atoms with van der Waals surface area (Å²) in [5, 5.41) is 11.8. The molecule has 0 saturated carbocycles. The van der Waals surface area contributed by atoms with Crippen molar-refractivity contribution >= 4 is 39.4 Å². The molecular weight excluding hydrogens is 350 g/mol. The fourth-order valence-corrected chi connectivity index (χ4v) is 2.24. The van der Waals surface area contributed by atoms with Gasteiger partial charge in [0.2, 0.25) is 0 Å². The standard InChI is InChI=1S/C13H15BrClNO4/c1-8(4-13(18)19)6-16-12(17)7-20-11-3-2-9(15)5-10(11)14/h2-3,5,8H,4,6-7H2,1H3,(H,16,17)(H,18,19). The summed E-state index contributed by atoms with van der Waals surface area (Å²) in [6.07, 6.45) is 0.0177. The monoisotopic (exact) mass is 363 g/mol. The number of carbonyl (C=O) groups is 2. The van der Waals surface area contributed by atoms with Crippen LogP contribution in [0.15, 0.2) is 22.7 Å². The first kappa shape index (κ1) is 16.8. The van der Waals surface area contributed by atoms with Gasteiger partial charge in [-0.25, -0.2) is 0 Å². The molecule has 1 amide bonds. The molecule has 1 unspecified atom stereocenters. The summed E-state index contributed by atoms with van der Waals surface area (Å²) in [6, 6.07) is 4.99. The molecule has 5 nitrogen and oxygen atoms in total. The molecule has 110 valence electrons. The molecule has 0 radical (unpaired) electrons. The summed E-state index contributed by atoms with van der Waals surface area (Å²) in [7, 11) is 0. The normalized spacial score (nSPS) is 11.8. The second-order valence-electron chi connectivity index (χ2n) is 4.37. The molecule has 0 bridgehead atoms. The summed E-state index contributed by atoms with van der Waals surface area (Å²) < 4.78 is 6.00. The van der Waals surface area contributed by atoms with Gasteiger partial charge in [0.1, 0.15) is 5.75 Å². The topological polar surface area (TPSA) is 75.6 Å². The van der Waals surface area contributed by atoms with Crippen LogP contribution in [0.5, 0.6) is 5.75 Å². The van der Waals surface area contributed by atoms with Crippen molar-refractivity contribution in [3.05, 3.63) is 27.7 Å². The summed E-state index contributed by atoms with van der Waals surface area (Å²) in [6.45, 7) is 1.92. The Balaban J connectivity index is 2.34. The quantitative estimate of drug-likeness (QED) is 0.780. The second-order valence-corrected chi connectivity index (χ2v) is 5.66. The van der Waals surface area contributed by atoms with E-state index in [-0.39, 0.29) is 24.9 Å². The van der Waals surface area contributed by atoms with Crippen LogP contribution in [-0.2, 0) is 9.59 Å². The predicted octanol–water partition coefficient (Wildman–Crippen LogP) is 2.71. The summed E-state index contributed by atoms with van der Waals surface area (Å²) in [5.74, 6) is -0.793. The van der Waals surface area contributed by atoms with Crippen molar-refractivity contribution in [1.29, 1.82) is 0 Å². The Morgan fingerprint density at radius 2 is 2.20 bits per heavy atom. The van der Waals surface area contributed by atoms with Gasteiger partial charge in [0.15, 0.2) is 6.61 Å². The Hall–Kier alpha value is -1.27. The number of benzene rings is 1. The molecule has 7 heteroatoms. The molecule has 0 aromatic heterocycles. The summed E-state index contributed by atoms with van der Waals surface area (Å²) >= 11 is 9.07. The molecule has 0 saturated heterocycles. The Kier molecular flexibility index (Phi) is 6.81. The summed E-state index contributed by atoms with van der Waals surface area (Å²) in [4.78, 5) is 22.0. The van der Waals surface area contributed by atoms with E-state index in [1.165, 1.54) is 0 Å². The van der Waals surface area contributed by atoms with Gasteiger partial charge in [0, 0.05) is 18.0 Å². The van der Waals surface area contributed by atoms with E-state index in [0.29, 0.717) is 21.8 Å². The fraction of sp³-hybridized carbons (Fsp3) is 0.385. The highest BCUT2D eigenvalue weighted by molar-refractivity contribution is 9.10. The first-order valence-corrected chi connectivity index (χ1v) is 7.12. The number of ether oxygens (including phenoxy) is 1. The number of halogens is 2. The number of hydrogen-bond acceptors (Lipinski definition) is 3. The second kappa shape index (κ2) is 8.11. The van der Waals surface area contributed by atoms with Crippen LogP contribution in [0.4, 0.5) is 0 Å². The minimum atomic E-state index is -0.881. The minimum absolute atomic E-state index is 0.0177. The van der Waals surface area contributed by atoms with Crippen LogP contribution in [0.2, 0.25) is 5.02 Å². The third-order valence-electron chi connectivity index (χ3n) is 2.42. The molecule has 1 rings (SSSR count). The van der Waals surface area contributed by atoms with Crippen LogP contribution in [0.3, 0.4) is 0 Å². The molecule has 0 fully saturated rings. The zero-order valence-corrected chi connectivity index (χ0v) is 13.2. The van der Waals surface area contributed by atoms with Gasteiger partial charge < -0.3 is 15.2 Å². The van der Waals surface area contributed by atoms with Gasteiger partial charge in [-0.2, -0.15) is 0 Å². The maximum atomic E-state index is 11.6. The molecular formula is C13H15BrClNO4. The van der Waals surface area contributed by atoms with Crippen molar-refractivity contribution in [2.24, 2.45) is 5.92 Å². The zero-order valence-electron chi connectivity index (χ0n) is 10.9. The predicted molar refractivity (Wildman–Crippen MR) is 79.1 cm³/mol. The van der Waals surface area contributed by atoms with Crippen LogP contribution in [0.25, 0.3) is 0 Å². The SMILES string of the molecule is CC(CNC(=O)COc1ccc(Cl)cc1Br)CC(=O)O. The Morgan fingerprint density at radius 1 is 1.50 bits per heavy atom. The first-order valence-electron chi connectivity index (χ1n) is 5.95. The van der Waals surface area contributed by atoms with Crippen molar-refractivity contribution in [3.8, 4) is 5.75 Å². The third-order valence-corrected chi connectivity index (χ3v) is 3.28. The third kappa shape index (κ3) is 6.25. The van der Waals surface area contributed by atoms with Crippen molar-refractivity contribution in [1.82, 2.24) is 5.32 Å². The van der Waals surface area contributed by atoms with Gasteiger partial charge in [-0.15, -0.1) is 0 Å². The van der Waals surface area contributed by atoms with E-state index in [4.69, 9.17) is 21.4 Å². The van der Waals surface area contributed by atoms with E-state index in [1.807, 2.05) is 0 Å². The van der Waals surface area contributed by atoms with Gasteiger partial charge in [-0.3, -0.25) is 9.59 Å². The van der Waals surface area contributed by atoms with E-state index in [1.54, 1.807) is 25.1 Å². The van der Waals surface area contributed by atoms with Crippen molar-refractivity contribution in [2.45, 2.75) is 13.3 Å². The molecule has 1 aromatic carbocycles. The van der Waals surface area contributed by atoms with Crippen molar-refractivity contribution in [3.63, 3.8) is 0 Å². The van der Waals surface area contributed by atoms with Crippen LogP contribution in [0.1, 0.15) is 13.3 Å². The first-order chi connectivity index (χ1) is 9.38. The Bertz CT molecular complexity index is 495. The van der Waals surface area contributed by atoms with Gasteiger partial charge in [-0.1, -0.05) is 18.5 Å². The van der Waals surface area contributed by atoms with Gasteiger partial charge >= 0.3 is 5.97 Å². The number of rotatable bonds is 7. The molecule has 0 aliphatic carbocycles. The molecule has 0 aliphatic rings. The average Bonchev–Trinajstić information content (AvgIpc) is 2.34. The molecule has 2 N–H and O–H groups in total. The van der Waals surface area contributed by atoms with E-state index in [2.05, 4.69) is 21.2 Å².